The Morgan fingerprint density at radius 2 is 2.09 bits per heavy atom. The lowest BCUT2D eigenvalue weighted by Gasteiger charge is -2.63. The molecule has 2 heterocycles. The van der Waals surface area contributed by atoms with Crippen LogP contribution in [0.15, 0.2) is 4.99 Å². The molecule has 2 saturated heterocycles. The van der Waals surface area contributed by atoms with Gasteiger partial charge in [-0.25, -0.2) is 0 Å². The second-order valence-electron chi connectivity index (χ2n) is 8.59. The van der Waals surface area contributed by atoms with Crippen molar-refractivity contribution in [2.24, 2.45) is 21.7 Å². The Morgan fingerprint density at radius 3 is 2.65 bits per heavy atom. The number of rotatable bonds is 2. The molecule has 0 aromatic carbocycles. The van der Waals surface area contributed by atoms with E-state index in [9.17, 15) is 0 Å². The van der Waals surface area contributed by atoms with Crippen molar-refractivity contribution in [2.75, 3.05) is 26.2 Å². The average molecular weight is 433 g/mol. The van der Waals surface area contributed by atoms with Gasteiger partial charge in [0.25, 0.3) is 0 Å². The molecule has 2 aliphatic carbocycles. The normalized spacial score (nSPS) is 36.9. The Balaban J connectivity index is 0.00000156. The molecule has 0 aromatic rings. The van der Waals surface area contributed by atoms with Crippen molar-refractivity contribution in [1.29, 1.82) is 0 Å². The van der Waals surface area contributed by atoms with Crippen LogP contribution in [-0.2, 0) is 4.74 Å². The van der Waals surface area contributed by atoms with E-state index in [1.165, 1.54) is 32.1 Å². The highest BCUT2D eigenvalue weighted by molar-refractivity contribution is 14.0. The van der Waals surface area contributed by atoms with Gasteiger partial charge in [-0.1, -0.05) is 20.3 Å². The number of nitrogens with one attached hydrogen (secondary N) is 1. The molecule has 4 fully saturated rings. The second-order valence-corrected chi connectivity index (χ2v) is 8.59. The molecule has 0 bridgehead atoms. The number of halogens is 1. The van der Waals surface area contributed by atoms with Gasteiger partial charge in [0.05, 0.1) is 6.10 Å². The van der Waals surface area contributed by atoms with E-state index in [1.54, 1.807) is 0 Å². The summed E-state index contributed by atoms with van der Waals surface area (Å²) in [7, 11) is 0. The third-order valence-corrected chi connectivity index (χ3v) is 6.61. The molecule has 0 radical (unpaired) electrons. The van der Waals surface area contributed by atoms with Crippen LogP contribution in [0.3, 0.4) is 0 Å². The van der Waals surface area contributed by atoms with E-state index in [4.69, 9.17) is 9.73 Å². The zero-order valence-electron chi connectivity index (χ0n) is 14.8. The molecular weight excluding hydrogens is 401 g/mol. The van der Waals surface area contributed by atoms with Crippen LogP contribution in [0.4, 0.5) is 0 Å². The van der Waals surface area contributed by atoms with Crippen LogP contribution < -0.4 is 5.32 Å². The Labute approximate surface area is 157 Å². The molecule has 2 saturated carbocycles. The van der Waals surface area contributed by atoms with Gasteiger partial charge in [0.2, 0.25) is 0 Å². The fourth-order valence-corrected chi connectivity index (χ4v) is 5.27. The van der Waals surface area contributed by atoms with Gasteiger partial charge in [0.15, 0.2) is 5.96 Å². The summed E-state index contributed by atoms with van der Waals surface area (Å²) in [4.78, 5) is 7.31. The average Bonchev–Trinajstić information content (AvgIpc) is 2.97. The number of fused-ring (bicyclic) bond motifs is 2. The van der Waals surface area contributed by atoms with Gasteiger partial charge in [-0.3, -0.25) is 4.99 Å². The third kappa shape index (κ3) is 2.79. The van der Waals surface area contributed by atoms with Crippen LogP contribution in [0.5, 0.6) is 0 Å². The zero-order chi connectivity index (χ0) is 15.4. The molecule has 0 aromatic heterocycles. The highest BCUT2D eigenvalue weighted by Crippen LogP contribution is 2.62. The predicted molar refractivity (Wildman–Crippen MR) is 104 cm³/mol. The molecule has 1 N–H and O–H groups in total. The van der Waals surface area contributed by atoms with E-state index in [0.29, 0.717) is 23.0 Å². The minimum atomic E-state index is 0. The highest BCUT2D eigenvalue weighted by atomic mass is 127. The van der Waals surface area contributed by atoms with Crippen molar-refractivity contribution >= 4 is 29.9 Å². The summed E-state index contributed by atoms with van der Waals surface area (Å²) in [6, 6.07) is 0.600. The summed E-state index contributed by atoms with van der Waals surface area (Å²) in [5, 5.41) is 3.89. The molecule has 3 unspecified atom stereocenters. The first kappa shape index (κ1) is 17.8. The second kappa shape index (κ2) is 6.36. The number of likely N-dealkylation sites (tertiary alicyclic amines) is 1. The van der Waals surface area contributed by atoms with Gasteiger partial charge in [0, 0.05) is 43.6 Å². The minimum absolute atomic E-state index is 0. The number of guanidine groups is 1. The minimum Gasteiger partial charge on any atom is -0.377 e. The van der Waals surface area contributed by atoms with Crippen LogP contribution in [0, 0.1) is 16.7 Å². The molecule has 1 spiro atoms. The van der Waals surface area contributed by atoms with E-state index >= 15 is 0 Å². The number of nitrogens with zero attached hydrogens (tertiary/aromatic N) is 2. The van der Waals surface area contributed by atoms with Crippen LogP contribution in [0.1, 0.15) is 52.9 Å². The summed E-state index contributed by atoms with van der Waals surface area (Å²) in [5.74, 6) is 1.88. The Kier molecular flexibility index (Phi) is 4.91. The fraction of sp³-hybridized carbons (Fsp3) is 0.944. The quantitative estimate of drug-likeness (QED) is 0.413. The first-order valence-electron chi connectivity index (χ1n) is 9.23. The molecule has 23 heavy (non-hydrogen) atoms. The Hall–Kier alpha value is -0.0400. The Morgan fingerprint density at radius 1 is 1.30 bits per heavy atom. The maximum absolute atomic E-state index is 6.05. The first-order valence-corrected chi connectivity index (χ1v) is 9.23. The van der Waals surface area contributed by atoms with E-state index in [2.05, 4.69) is 31.0 Å². The molecule has 4 aliphatic rings. The summed E-state index contributed by atoms with van der Waals surface area (Å²) >= 11 is 0. The summed E-state index contributed by atoms with van der Waals surface area (Å²) in [6.07, 6.45) is 7.10. The molecule has 132 valence electrons. The Bertz CT molecular complexity index is 475. The van der Waals surface area contributed by atoms with Gasteiger partial charge < -0.3 is 15.0 Å². The zero-order valence-corrected chi connectivity index (χ0v) is 17.1. The van der Waals surface area contributed by atoms with Crippen molar-refractivity contribution in [3.05, 3.63) is 0 Å². The van der Waals surface area contributed by atoms with Crippen molar-refractivity contribution in [3.63, 3.8) is 0 Å². The molecular formula is C18H32IN3O. The molecule has 2 aliphatic heterocycles. The number of hydrogen-bond acceptors (Lipinski definition) is 2. The maximum Gasteiger partial charge on any atom is 0.194 e. The van der Waals surface area contributed by atoms with Gasteiger partial charge in [-0.15, -0.1) is 24.0 Å². The lowest BCUT2D eigenvalue weighted by Crippen LogP contribution is -2.72. The van der Waals surface area contributed by atoms with E-state index < -0.39 is 0 Å². The number of aliphatic imine (C=N–C) groups is 1. The van der Waals surface area contributed by atoms with Gasteiger partial charge in [-0.05, 0) is 38.0 Å². The number of ether oxygens (including phenoxy) is 1. The smallest absolute Gasteiger partial charge is 0.194 e. The van der Waals surface area contributed by atoms with E-state index in [0.717, 1.165) is 38.1 Å². The highest BCUT2D eigenvalue weighted by Gasteiger charge is 2.66. The maximum atomic E-state index is 6.05. The molecule has 4 nitrogen and oxygen atoms in total. The molecule has 5 heteroatoms. The largest absolute Gasteiger partial charge is 0.377 e. The lowest BCUT2D eigenvalue weighted by atomic mass is 9.46. The van der Waals surface area contributed by atoms with Gasteiger partial charge >= 0.3 is 0 Å². The van der Waals surface area contributed by atoms with Crippen molar-refractivity contribution in [2.45, 2.75) is 65.0 Å². The third-order valence-electron chi connectivity index (χ3n) is 6.61. The summed E-state index contributed by atoms with van der Waals surface area (Å²) in [5.41, 5.74) is 0.855. The SMILES string of the molecule is CCN=C(NC1C2CCOC2C12CCC2)N1CCC(C)(C)C1.I. The van der Waals surface area contributed by atoms with E-state index in [1.807, 2.05) is 0 Å². The lowest BCUT2D eigenvalue weighted by molar-refractivity contribution is -0.171. The van der Waals surface area contributed by atoms with Crippen molar-refractivity contribution < 1.29 is 4.74 Å². The first-order chi connectivity index (χ1) is 10.6. The van der Waals surface area contributed by atoms with Gasteiger partial charge in [0.1, 0.15) is 0 Å². The monoisotopic (exact) mass is 433 g/mol. The van der Waals surface area contributed by atoms with Crippen molar-refractivity contribution in [3.8, 4) is 0 Å². The summed E-state index contributed by atoms with van der Waals surface area (Å²) < 4.78 is 6.05. The molecule has 4 rings (SSSR count). The standard InChI is InChI=1S/C18H31N3O.HI/c1-4-19-16(21-10-9-17(2,3)12-21)20-14-13-6-11-22-15(13)18(14)7-5-8-18;/h13-15H,4-12H2,1-3H3,(H,19,20);1H. The molecule has 3 atom stereocenters. The fourth-order valence-electron chi connectivity index (χ4n) is 5.27. The summed E-state index contributed by atoms with van der Waals surface area (Å²) in [6.45, 7) is 11.0. The number of hydrogen-bond donors (Lipinski definition) is 1. The molecule has 0 amide bonds. The van der Waals surface area contributed by atoms with Crippen LogP contribution >= 0.6 is 24.0 Å². The van der Waals surface area contributed by atoms with Crippen LogP contribution in [-0.4, -0.2) is 49.2 Å². The van der Waals surface area contributed by atoms with Crippen LogP contribution in [0.25, 0.3) is 0 Å². The van der Waals surface area contributed by atoms with E-state index in [-0.39, 0.29) is 24.0 Å². The van der Waals surface area contributed by atoms with Crippen molar-refractivity contribution in [1.82, 2.24) is 10.2 Å². The van der Waals surface area contributed by atoms with Gasteiger partial charge in [-0.2, -0.15) is 0 Å². The van der Waals surface area contributed by atoms with Crippen LogP contribution in [0.2, 0.25) is 0 Å². The topological polar surface area (TPSA) is 36.9 Å². The predicted octanol–water partition coefficient (Wildman–Crippen LogP) is 3.26.